The van der Waals surface area contributed by atoms with E-state index in [1.807, 2.05) is 24.3 Å². The summed E-state index contributed by atoms with van der Waals surface area (Å²) in [6.07, 6.45) is 0.985. The minimum Gasteiger partial charge on any atom is -0.493 e. The fourth-order valence-corrected chi connectivity index (χ4v) is 4.97. The Labute approximate surface area is 199 Å². The first-order valence-electron chi connectivity index (χ1n) is 9.73. The van der Waals surface area contributed by atoms with Crippen LogP contribution >= 0.6 is 34.7 Å². The smallest absolute Gasteiger partial charge is 0.325 e. The summed E-state index contributed by atoms with van der Waals surface area (Å²) in [7, 11) is 4.41. The van der Waals surface area contributed by atoms with Gasteiger partial charge in [-0.25, -0.2) is 0 Å². The van der Waals surface area contributed by atoms with E-state index in [0.29, 0.717) is 39.7 Å². The molecule has 2 aromatic carbocycles. The number of amides is 1. The third-order valence-electron chi connectivity index (χ3n) is 4.54. The first-order valence-corrected chi connectivity index (χ1v) is 11.9. The highest BCUT2D eigenvalue weighted by atomic mass is 35.5. The van der Waals surface area contributed by atoms with Crippen LogP contribution < -0.4 is 14.3 Å². The van der Waals surface area contributed by atoms with Crippen molar-refractivity contribution in [1.29, 1.82) is 0 Å². The van der Waals surface area contributed by atoms with Gasteiger partial charge in [0.2, 0.25) is 5.91 Å². The van der Waals surface area contributed by atoms with E-state index in [1.165, 1.54) is 25.6 Å². The number of hydrogen-bond donors (Lipinski definition) is 0. The first kappa shape index (κ1) is 24.2. The van der Waals surface area contributed by atoms with Gasteiger partial charge in [-0.1, -0.05) is 22.9 Å². The quantitative estimate of drug-likeness (QED) is 0.247. The fourth-order valence-electron chi connectivity index (χ4n) is 2.94. The van der Waals surface area contributed by atoms with E-state index >= 15 is 0 Å². The van der Waals surface area contributed by atoms with Gasteiger partial charge in [-0.15, -0.1) is 11.8 Å². The number of ether oxygens (including phenoxy) is 3. The van der Waals surface area contributed by atoms with Gasteiger partial charge in [-0.2, -0.15) is 4.99 Å². The lowest BCUT2D eigenvalue weighted by Gasteiger charge is -2.09. The minimum absolute atomic E-state index is 0.0650. The molecule has 1 heterocycles. The summed E-state index contributed by atoms with van der Waals surface area (Å²) in [6, 6.07) is 11.2. The van der Waals surface area contributed by atoms with Crippen molar-refractivity contribution < 1.29 is 23.8 Å². The van der Waals surface area contributed by atoms with E-state index in [1.54, 1.807) is 35.6 Å². The fraction of sp³-hybridized carbons (Fsp3) is 0.318. The summed E-state index contributed by atoms with van der Waals surface area (Å²) < 4.78 is 18.0. The van der Waals surface area contributed by atoms with E-state index in [9.17, 15) is 9.59 Å². The monoisotopic (exact) mass is 494 g/mol. The Morgan fingerprint density at radius 3 is 2.44 bits per heavy atom. The molecule has 0 unspecified atom stereocenters. The molecule has 10 heteroatoms. The number of aromatic nitrogens is 1. The van der Waals surface area contributed by atoms with Crippen LogP contribution in [0.4, 0.5) is 0 Å². The largest absolute Gasteiger partial charge is 0.493 e. The molecular formula is C22H23ClN2O5S2. The Morgan fingerprint density at radius 2 is 1.78 bits per heavy atom. The Kier molecular flexibility index (Phi) is 8.60. The van der Waals surface area contributed by atoms with Gasteiger partial charge in [0, 0.05) is 28.5 Å². The van der Waals surface area contributed by atoms with Gasteiger partial charge < -0.3 is 18.8 Å². The second-order valence-corrected chi connectivity index (χ2v) is 9.25. The average Bonchev–Trinajstić information content (AvgIpc) is 3.12. The lowest BCUT2D eigenvalue weighted by molar-refractivity contribution is -0.141. The number of halogens is 1. The molecule has 0 bridgehead atoms. The summed E-state index contributed by atoms with van der Waals surface area (Å²) in [5.41, 5.74) is 0.711. The maximum Gasteiger partial charge on any atom is 0.325 e. The van der Waals surface area contributed by atoms with Crippen LogP contribution in [0.3, 0.4) is 0 Å². The number of nitrogens with zero attached hydrogens (tertiary/aromatic N) is 2. The van der Waals surface area contributed by atoms with Crippen molar-refractivity contribution in [3.63, 3.8) is 0 Å². The number of hydrogen-bond acceptors (Lipinski definition) is 7. The van der Waals surface area contributed by atoms with Gasteiger partial charge in [-0.3, -0.25) is 9.59 Å². The number of methoxy groups -OCH3 is 3. The minimum atomic E-state index is -0.437. The Morgan fingerprint density at radius 1 is 1.09 bits per heavy atom. The number of thioether (sulfide) groups is 1. The maximum atomic E-state index is 12.5. The average molecular weight is 495 g/mol. The molecule has 0 saturated carbocycles. The molecule has 1 aromatic heterocycles. The number of thiazole rings is 1. The third-order valence-corrected chi connectivity index (χ3v) is 6.93. The van der Waals surface area contributed by atoms with Crippen LogP contribution in [-0.2, 0) is 20.9 Å². The SMILES string of the molecule is COC(=O)Cn1c(=NC(=O)CCCSc2ccc(Cl)cc2)sc2cc(OC)c(OC)cc21. The van der Waals surface area contributed by atoms with Crippen molar-refractivity contribution >= 4 is 56.8 Å². The first-order chi connectivity index (χ1) is 15.4. The topological polar surface area (TPSA) is 79.1 Å². The lowest BCUT2D eigenvalue weighted by atomic mass is 10.3. The predicted molar refractivity (Wildman–Crippen MR) is 127 cm³/mol. The van der Waals surface area contributed by atoms with Gasteiger partial charge in [0.15, 0.2) is 16.3 Å². The highest BCUT2D eigenvalue weighted by Crippen LogP contribution is 2.33. The molecule has 1 amide bonds. The zero-order valence-electron chi connectivity index (χ0n) is 17.9. The molecule has 32 heavy (non-hydrogen) atoms. The van der Waals surface area contributed by atoms with Crippen molar-refractivity contribution in [3.05, 3.63) is 46.2 Å². The van der Waals surface area contributed by atoms with Gasteiger partial charge in [0.1, 0.15) is 6.54 Å². The molecule has 0 N–H and O–H groups in total. The number of benzene rings is 2. The van der Waals surface area contributed by atoms with Crippen LogP contribution in [0.25, 0.3) is 10.2 Å². The van der Waals surface area contributed by atoms with Gasteiger partial charge in [0.25, 0.3) is 0 Å². The molecule has 0 saturated heterocycles. The number of carbonyl (C=O) groups excluding carboxylic acids is 2. The van der Waals surface area contributed by atoms with E-state index in [0.717, 1.165) is 15.3 Å². The molecule has 170 valence electrons. The molecule has 0 aliphatic heterocycles. The molecule has 0 spiro atoms. The molecule has 3 aromatic rings. The normalized spacial score (nSPS) is 11.6. The molecular weight excluding hydrogens is 472 g/mol. The second kappa shape index (κ2) is 11.4. The van der Waals surface area contributed by atoms with Crippen molar-refractivity contribution in [3.8, 4) is 11.5 Å². The predicted octanol–water partition coefficient (Wildman–Crippen LogP) is 4.55. The number of fused-ring (bicyclic) bond motifs is 1. The van der Waals surface area contributed by atoms with E-state index < -0.39 is 5.97 Å². The van der Waals surface area contributed by atoms with Crippen molar-refractivity contribution in [2.45, 2.75) is 24.3 Å². The van der Waals surface area contributed by atoms with Crippen molar-refractivity contribution in [2.24, 2.45) is 4.99 Å². The summed E-state index contributed by atoms with van der Waals surface area (Å²) in [6.45, 7) is -0.0650. The zero-order chi connectivity index (χ0) is 23.1. The Bertz CT molecular complexity index is 1170. The lowest BCUT2D eigenvalue weighted by Crippen LogP contribution is -2.22. The van der Waals surface area contributed by atoms with Crippen LogP contribution in [0, 0.1) is 0 Å². The summed E-state index contributed by atoms with van der Waals surface area (Å²) in [5.74, 6) is 1.18. The van der Waals surface area contributed by atoms with Crippen LogP contribution in [0.5, 0.6) is 11.5 Å². The molecule has 0 radical (unpaired) electrons. The molecule has 0 aliphatic carbocycles. The van der Waals surface area contributed by atoms with E-state index in [-0.39, 0.29) is 12.5 Å². The van der Waals surface area contributed by atoms with Crippen LogP contribution in [0.15, 0.2) is 46.3 Å². The highest BCUT2D eigenvalue weighted by molar-refractivity contribution is 7.99. The van der Waals surface area contributed by atoms with Crippen LogP contribution in [-0.4, -0.2) is 43.5 Å². The summed E-state index contributed by atoms with van der Waals surface area (Å²) >= 11 is 8.86. The van der Waals surface area contributed by atoms with E-state index in [2.05, 4.69) is 4.99 Å². The van der Waals surface area contributed by atoms with Crippen LogP contribution in [0.2, 0.25) is 5.02 Å². The molecule has 3 rings (SSSR count). The number of esters is 1. The Balaban J connectivity index is 1.79. The van der Waals surface area contributed by atoms with Crippen molar-refractivity contribution in [1.82, 2.24) is 4.57 Å². The molecule has 0 atom stereocenters. The molecule has 0 fully saturated rings. The Hall–Kier alpha value is -2.49. The molecule has 0 aliphatic rings. The maximum absolute atomic E-state index is 12.5. The third kappa shape index (κ3) is 6.05. The van der Waals surface area contributed by atoms with E-state index in [4.69, 9.17) is 25.8 Å². The standard InChI is InChI=1S/C22H23ClN2O5S2/c1-28-17-11-16-19(12-18(17)29-2)32-22(25(16)13-21(27)30-3)24-20(26)5-4-10-31-15-8-6-14(23)7-9-15/h6-9,11-12H,4-5,10,13H2,1-3H3. The summed E-state index contributed by atoms with van der Waals surface area (Å²) in [5, 5.41) is 0.696. The number of rotatable bonds is 9. The van der Waals surface area contributed by atoms with Crippen molar-refractivity contribution in [2.75, 3.05) is 27.1 Å². The second-order valence-electron chi connectivity index (χ2n) is 6.63. The molecule has 7 nitrogen and oxygen atoms in total. The van der Waals surface area contributed by atoms with Gasteiger partial charge in [0.05, 0.1) is 31.5 Å². The van der Waals surface area contributed by atoms with Crippen LogP contribution in [0.1, 0.15) is 12.8 Å². The summed E-state index contributed by atoms with van der Waals surface area (Å²) in [4.78, 5) is 30.3. The van der Waals surface area contributed by atoms with Gasteiger partial charge in [-0.05, 0) is 36.4 Å². The zero-order valence-corrected chi connectivity index (χ0v) is 20.3. The van der Waals surface area contributed by atoms with Gasteiger partial charge >= 0.3 is 5.97 Å². The highest BCUT2D eigenvalue weighted by Gasteiger charge is 2.15. The number of carbonyl (C=O) groups is 2.